The van der Waals surface area contributed by atoms with Gasteiger partial charge in [0, 0.05) is 26.6 Å². The number of carbonyl (C=O) groups excluding carboxylic acids is 4. The van der Waals surface area contributed by atoms with Gasteiger partial charge in [0.25, 0.3) is 5.91 Å². The number of nitrogens with one attached hydrogen (secondary N) is 2. The third-order valence-corrected chi connectivity index (χ3v) is 7.49. The normalized spacial score (nSPS) is 19.1. The molecule has 2 atom stereocenters. The van der Waals surface area contributed by atoms with Gasteiger partial charge in [0.05, 0.1) is 5.71 Å². The van der Waals surface area contributed by atoms with Gasteiger partial charge in [0.1, 0.15) is 29.2 Å². The molecular weight excluding hydrogens is 569 g/mol. The Kier molecular flexibility index (Phi) is 9.31. The van der Waals surface area contributed by atoms with Crippen molar-refractivity contribution in [3.8, 4) is 5.75 Å². The number of hydrogen-bond donors (Lipinski definition) is 2. The third kappa shape index (κ3) is 7.35. The Morgan fingerprint density at radius 3 is 2.36 bits per heavy atom. The lowest BCUT2D eigenvalue weighted by Gasteiger charge is -2.41. The highest BCUT2D eigenvalue weighted by atomic mass is 19.1. The number of hydrogen-bond acceptors (Lipinski definition) is 7. The molecule has 12 heteroatoms. The lowest BCUT2D eigenvalue weighted by atomic mass is 9.73. The number of halogens is 1. The third-order valence-electron chi connectivity index (χ3n) is 7.49. The Hall–Kier alpha value is -4.48. The second kappa shape index (κ2) is 12.6. The maximum absolute atomic E-state index is 14.4. The van der Waals surface area contributed by atoms with E-state index >= 15 is 0 Å². The summed E-state index contributed by atoms with van der Waals surface area (Å²) < 4.78 is 25.3. The molecule has 0 bridgehead atoms. The van der Waals surface area contributed by atoms with E-state index < -0.39 is 52.9 Å². The van der Waals surface area contributed by atoms with Crippen molar-refractivity contribution in [3.05, 3.63) is 66.0 Å². The van der Waals surface area contributed by atoms with Gasteiger partial charge in [-0.25, -0.2) is 14.2 Å². The smallest absolute Gasteiger partial charge is 0.408 e. The van der Waals surface area contributed by atoms with Crippen molar-refractivity contribution in [2.45, 2.75) is 64.6 Å². The molecule has 236 valence electrons. The van der Waals surface area contributed by atoms with Gasteiger partial charge in [-0.1, -0.05) is 42.5 Å². The summed E-state index contributed by atoms with van der Waals surface area (Å²) in [5.41, 5.74) is -1.73. The summed E-state index contributed by atoms with van der Waals surface area (Å²) in [4.78, 5) is 55.1. The molecule has 2 aromatic rings. The summed E-state index contributed by atoms with van der Waals surface area (Å²) >= 11 is 0. The first-order valence-electron chi connectivity index (χ1n) is 14.5. The summed E-state index contributed by atoms with van der Waals surface area (Å²) in [6, 6.07) is 14.0. The van der Waals surface area contributed by atoms with E-state index in [4.69, 9.17) is 9.47 Å². The molecule has 4 amide bonds. The number of rotatable bonds is 9. The number of amides is 4. The first-order chi connectivity index (χ1) is 20.6. The summed E-state index contributed by atoms with van der Waals surface area (Å²) in [5, 5.41) is 11.0. The van der Waals surface area contributed by atoms with Gasteiger partial charge in [0.15, 0.2) is 11.6 Å². The molecule has 1 saturated heterocycles. The molecule has 11 nitrogen and oxygen atoms in total. The van der Waals surface area contributed by atoms with Gasteiger partial charge in [-0.05, 0) is 58.7 Å². The quantitative estimate of drug-likeness (QED) is 0.449. The minimum absolute atomic E-state index is 0.0361. The molecule has 0 saturated carbocycles. The molecule has 2 aliphatic heterocycles. The van der Waals surface area contributed by atoms with Crippen LogP contribution in [0.1, 0.15) is 46.6 Å². The van der Waals surface area contributed by atoms with Gasteiger partial charge < -0.3 is 25.0 Å². The fourth-order valence-corrected chi connectivity index (χ4v) is 5.30. The van der Waals surface area contributed by atoms with Crippen LogP contribution >= 0.6 is 0 Å². The number of piperidine rings is 1. The van der Waals surface area contributed by atoms with Crippen molar-refractivity contribution in [1.82, 2.24) is 20.5 Å². The highest BCUT2D eigenvalue weighted by Gasteiger charge is 2.54. The Bertz CT molecular complexity index is 1440. The molecule has 1 fully saturated rings. The summed E-state index contributed by atoms with van der Waals surface area (Å²) in [7, 11) is 1.59. The molecule has 4 rings (SSSR count). The Morgan fingerprint density at radius 1 is 1.05 bits per heavy atom. The first kappa shape index (κ1) is 32.4. The van der Waals surface area contributed by atoms with E-state index in [1.165, 1.54) is 42.0 Å². The van der Waals surface area contributed by atoms with Crippen molar-refractivity contribution in [3.63, 3.8) is 0 Å². The molecule has 44 heavy (non-hydrogen) atoms. The van der Waals surface area contributed by atoms with Gasteiger partial charge in [0.2, 0.25) is 11.8 Å². The number of carbonyl (C=O) groups is 4. The van der Waals surface area contributed by atoms with Crippen LogP contribution in [-0.2, 0) is 25.5 Å². The maximum Gasteiger partial charge on any atom is 0.408 e. The van der Waals surface area contributed by atoms with Gasteiger partial charge in [-0.3, -0.25) is 14.4 Å². The largest absolute Gasteiger partial charge is 0.488 e. The van der Waals surface area contributed by atoms with E-state index in [9.17, 15) is 23.6 Å². The van der Waals surface area contributed by atoms with Crippen LogP contribution in [0.25, 0.3) is 0 Å². The topological polar surface area (TPSA) is 130 Å². The van der Waals surface area contributed by atoms with Crippen LogP contribution in [-0.4, -0.2) is 83.4 Å². The van der Waals surface area contributed by atoms with Crippen molar-refractivity contribution >= 4 is 29.5 Å². The van der Waals surface area contributed by atoms with Crippen LogP contribution in [0, 0.1) is 11.2 Å². The van der Waals surface area contributed by atoms with Crippen LogP contribution in [0.3, 0.4) is 0 Å². The average molecular weight is 610 g/mol. The van der Waals surface area contributed by atoms with E-state index in [0.717, 1.165) is 5.56 Å². The second-order valence-electron chi connectivity index (χ2n) is 12.6. The molecule has 2 N–H and O–H groups in total. The molecule has 0 radical (unpaired) electrons. The van der Waals surface area contributed by atoms with Gasteiger partial charge in [-0.15, -0.1) is 0 Å². The lowest BCUT2D eigenvalue weighted by Crippen LogP contribution is -2.63. The molecule has 0 aromatic heterocycles. The molecule has 2 heterocycles. The van der Waals surface area contributed by atoms with E-state index in [-0.39, 0.29) is 24.7 Å². The van der Waals surface area contributed by atoms with Crippen molar-refractivity contribution in [1.29, 1.82) is 0 Å². The standard InChI is InChI=1S/C32H40FN5O6/c1-30(2,3)44-29(42)35-31(4,5)27(40)34-23(19-43-24-15-11-10-14-22(24)33)26(39)38-17-16-25-32(20-38,28(41)37(6)36-25)18-21-12-8-7-9-13-21/h7-15,23H,16-20H2,1-6H3,(H,34,40)(H,35,42)/t23?,32-/m1/s1. The van der Waals surface area contributed by atoms with E-state index in [1.54, 1.807) is 33.9 Å². The summed E-state index contributed by atoms with van der Waals surface area (Å²) in [6.45, 7) is 7.91. The molecule has 0 spiro atoms. The number of para-hydroxylation sites is 1. The number of ether oxygens (including phenoxy) is 2. The Balaban J connectivity index is 1.58. The van der Waals surface area contributed by atoms with E-state index in [2.05, 4.69) is 15.7 Å². The number of likely N-dealkylation sites (tertiary alicyclic amines) is 1. The predicted octanol–water partition coefficient (Wildman–Crippen LogP) is 3.28. The minimum atomic E-state index is -1.49. The van der Waals surface area contributed by atoms with E-state index in [0.29, 0.717) is 18.6 Å². The highest BCUT2D eigenvalue weighted by molar-refractivity contribution is 6.13. The monoisotopic (exact) mass is 609 g/mol. The minimum Gasteiger partial charge on any atom is -0.488 e. The summed E-state index contributed by atoms with van der Waals surface area (Å²) in [6.07, 6.45) is -0.109. The number of alkyl carbamates (subject to hydrolysis) is 1. The zero-order valence-corrected chi connectivity index (χ0v) is 26.0. The predicted molar refractivity (Wildman–Crippen MR) is 161 cm³/mol. The fraction of sp³-hybridized carbons (Fsp3) is 0.469. The van der Waals surface area contributed by atoms with Gasteiger partial charge >= 0.3 is 6.09 Å². The molecular formula is C32H40FN5O6. The van der Waals surface area contributed by atoms with E-state index in [1.807, 2.05) is 30.3 Å². The molecule has 2 aromatic carbocycles. The number of benzene rings is 2. The number of fused-ring (bicyclic) bond motifs is 1. The first-order valence-corrected chi connectivity index (χ1v) is 14.5. The van der Waals surface area contributed by atoms with Crippen LogP contribution in [0.15, 0.2) is 59.7 Å². The number of hydrazone groups is 1. The van der Waals surface area contributed by atoms with Crippen LogP contribution in [0.5, 0.6) is 5.75 Å². The van der Waals surface area contributed by atoms with Crippen LogP contribution in [0.2, 0.25) is 0 Å². The zero-order chi connectivity index (χ0) is 32.3. The SMILES string of the molecule is CN1N=C2CCN(C(=O)C(COc3ccccc3F)NC(=O)C(C)(C)NC(=O)OC(C)(C)C)C[C@@]2(Cc2ccccc2)C1=O. The van der Waals surface area contributed by atoms with Crippen LogP contribution < -0.4 is 15.4 Å². The fourth-order valence-electron chi connectivity index (χ4n) is 5.30. The van der Waals surface area contributed by atoms with Crippen molar-refractivity contribution in [2.75, 3.05) is 26.7 Å². The Labute approximate surface area is 256 Å². The number of nitrogens with zero attached hydrogens (tertiary/aromatic N) is 3. The van der Waals surface area contributed by atoms with Crippen molar-refractivity contribution < 1.29 is 33.0 Å². The molecule has 1 unspecified atom stereocenters. The average Bonchev–Trinajstić information content (AvgIpc) is 3.19. The lowest BCUT2D eigenvalue weighted by molar-refractivity contribution is -0.143. The highest BCUT2D eigenvalue weighted by Crippen LogP contribution is 2.38. The van der Waals surface area contributed by atoms with Crippen molar-refractivity contribution in [2.24, 2.45) is 10.5 Å². The zero-order valence-electron chi connectivity index (χ0n) is 26.0. The maximum atomic E-state index is 14.4. The summed E-state index contributed by atoms with van der Waals surface area (Å²) in [5.74, 6) is -2.14. The van der Waals surface area contributed by atoms with Gasteiger partial charge in [-0.2, -0.15) is 5.10 Å². The molecule has 0 aliphatic carbocycles. The Morgan fingerprint density at radius 2 is 1.70 bits per heavy atom. The molecule has 2 aliphatic rings. The van der Waals surface area contributed by atoms with Crippen LogP contribution in [0.4, 0.5) is 9.18 Å². The second-order valence-corrected chi connectivity index (χ2v) is 12.6.